The summed E-state index contributed by atoms with van der Waals surface area (Å²) in [6, 6.07) is 1.12. The number of hydrogen-bond acceptors (Lipinski definition) is 1. The Kier molecular flexibility index (Phi) is 2.46. The number of rotatable bonds is 2. The Hall–Kier alpha value is -1.06. The van der Waals surface area contributed by atoms with Gasteiger partial charge in [-0.15, -0.1) is 0 Å². The fourth-order valence-electron chi connectivity index (χ4n) is 0.762. The van der Waals surface area contributed by atoms with Crippen molar-refractivity contribution in [2.24, 2.45) is 0 Å². The number of alkyl halides is 3. The van der Waals surface area contributed by atoms with Gasteiger partial charge in [-0.05, 0) is 6.07 Å². The fraction of sp³-hybridized carbons (Fsp3) is 0.286. The highest BCUT2D eigenvalue weighted by Crippen LogP contribution is 2.22. The van der Waals surface area contributed by atoms with E-state index in [0.29, 0.717) is 0 Å². The van der Waals surface area contributed by atoms with E-state index in [4.69, 9.17) is 0 Å². The monoisotopic (exact) mass is 161 g/mol. The quantitative estimate of drug-likeness (QED) is 0.649. The summed E-state index contributed by atoms with van der Waals surface area (Å²) < 4.78 is 36.0. The predicted octanol–water partition coefficient (Wildman–Crippen LogP) is 2.49. The molecule has 0 aliphatic rings. The molecule has 0 aliphatic heterocycles. The summed E-state index contributed by atoms with van der Waals surface area (Å²) in [7, 11) is 0. The van der Waals surface area contributed by atoms with Crippen LogP contribution in [0.1, 0.15) is 17.6 Å². The van der Waals surface area contributed by atoms with Crippen molar-refractivity contribution < 1.29 is 13.2 Å². The molecule has 0 atom stereocenters. The smallest absolute Gasteiger partial charge is 0.264 e. The Bertz CT molecular complexity index is 237. The molecule has 60 valence electrons. The molecule has 1 aromatic heterocycles. The van der Waals surface area contributed by atoms with E-state index in [1.807, 2.05) is 0 Å². The van der Waals surface area contributed by atoms with E-state index in [9.17, 15) is 13.2 Å². The highest BCUT2D eigenvalue weighted by atomic mass is 19.3. The second-order valence-electron chi connectivity index (χ2n) is 2.01. The predicted molar refractivity (Wildman–Crippen MR) is 34.0 cm³/mol. The number of halogens is 3. The third kappa shape index (κ3) is 1.69. The first kappa shape index (κ1) is 8.04. The molecule has 0 saturated heterocycles. The van der Waals surface area contributed by atoms with Gasteiger partial charge in [-0.3, -0.25) is 4.98 Å². The van der Waals surface area contributed by atoms with Crippen LogP contribution in [0.4, 0.5) is 13.2 Å². The van der Waals surface area contributed by atoms with Crippen molar-refractivity contribution in [1.82, 2.24) is 4.98 Å². The van der Waals surface area contributed by atoms with Gasteiger partial charge in [0.1, 0.15) is 6.67 Å². The van der Waals surface area contributed by atoms with Crippen LogP contribution in [0.15, 0.2) is 18.5 Å². The topological polar surface area (TPSA) is 12.9 Å². The lowest BCUT2D eigenvalue weighted by Gasteiger charge is -2.02. The lowest BCUT2D eigenvalue weighted by Crippen LogP contribution is -1.92. The second-order valence-corrected chi connectivity index (χ2v) is 2.01. The Morgan fingerprint density at radius 2 is 2.18 bits per heavy atom. The van der Waals surface area contributed by atoms with Crippen molar-refractivity contribution >= 4 is 0 Å². The third-order valence-corrected chi connectivity index (χ3v) is 1.32. The summed E-state index contributed by atoms with van der Waals surface area (Å²) in [6.45, 7) is -0.895. The molecule has 11 heavy (non-hydrogen) atoms. The van der Waals surface area contributed by atoms with Crippen LogP contribution in [-0.4, -0.2) is 4.98 Å². The zero-order valence-corrected chi connectivity index (χ0v) is 5.60. The summed E-state index contributed by atoms with van der Waals surface area (Å²) >= 11 is 0. The molecule has 1 rings (SSSR count). The first-order chi connectivity index (χ1) is 5.25. The largest absolute Gasteiger partial charge is 0.264 e. The molecule has 1 heterocycles. The second kappa shape index (κ2) is 3.37. The summed E-state index contributed by atoms with van der Waals surface area (Å²) in [5, 5.41) is 0. The fourth-order valence-corrected chi connectivity index (χ4v) is 0.762. The maximum Gasteiger partial charge on any atom is 0.264 e. The molecule has 0 aromatic carbocycles. The van der Waals surface area contributed by atoms with Gasteiger partial charge >= 0.3 is 0 Å². The van der Waals surface area contributed by atoms with Crippen molar-refractivity contribution in [1.29, 1.82) is 0 Å². The van der Waals surface area contributed by atoms with Gasteiger partial charge in [-0.25, -0.2) is 13.2 Å². The Labute approximate surface area is 61.9 Å². The van der Waals surface area contributed by atoms with Crippen molar-refractivity contribution in [3.05, 3.63) is 29.6 Å². The van der Waals surface area contributed by atoms with Gasteiger partial charge < -0.3 is 0 Å². The molecule has 0 N–H and O–H groups in total. The van der Waals surface area contributed by atoms with Crippen molar-refractivity contribution in [3.63, 3.8) is 0 Å². The molecular weight excluding hydrogens is 155 g/mol. The zero-order valence-electron chi connectivity index (χ0n) is 5.60. The Morgan fingerprint density at radius 3 is 2.64 bits per heavy atom. The van der Waals surface area contributed by atoms with Gasteiger partial charge in [0.15, 0.2) is 0 Å². The average molecular weight is 161 g/mol. The Balaban J connectivity index is 3.02. The summed E-state index contributed by atoms with van der Waals surface area (Å²) in [5.41, 5.74) is -0.315. The summed E-state index contributed by atoms with van der Waals surface area (Å²) in [6.07, 6.45) is -0.286. The average Bonchev–Trinajstić information content (AvgIpc) is 2.04. The zero-order chi connectivity index (χ0) is 8.27. The molecule has 0 radical (unpaired) electrons. The molecule has 4 heteroatoms. The molecule has 0 aliphatic carbocycles. The van der Waals surface area contributed by atoms with E-state index in [0.717, 1.165) is 12.3 Å². The maximum atomic E-state index is 12.0. The van der Waals surface area contributed by atoms with Gasteiger partial charge in [0.25, 0.3) is 6.43 Å². The van der Waals surface area contributed by atoms with Gasteiger partial charge in [-0.2, -0.15) is 0 Å². The molecule has 0 fully saturated rings. The van der Waals surface area contributed by atoms with E-state index >= 15 is 0 Å². The standard InChI is InChI=1S/C7H6F3N/c8-3-5-4-11-2-1-6(5)7(9)10/h1-2,4,7H,3H2. The SMILES string of the molecule is FCc1cnccc1C(F)F. The first-order valence-corrected chi connectivity index (χ1v) is 3.02. The van der Waals surface area contributed by atoms with Crippen LogP contribution in [0, 0.1) is 0 Å². The van der Waals surface area contributed by atoms with Gasteiger partial charge in [-0.1, -0.05) is 0 Å². The maximum absolute atomic E-state index is 12.0. The number of aromatic nitrogens is 1. The molecule has 0 saturated carbocycles. The molecule has 0 bridgehead atoms. The van der Waals surface area contributed by atoms with E-state index in [-0.39, 0.29) is 11.1 Å². The van der Waals surface area contributed by atoms with Crippen molar-refractivity contribution in [2.75, 3.05) is 0 Å². The van der Waals surface area contributed by atoms with Crippen molar-refractivity contribution in [2.45, 2.75) is 13.1 Å². The molecule has 1 nitrogen and oxygen atoms in total. The minimum atomic E-state index is -2.62. The van der Waals surface area contributed by atoms with E-state index in [1.54, 1.807) is 0 Å². The van der Waals surface area contributed by atoms with Gasteiger partial charge in [0.05, 0.1) is 0 Å². The third-order valence-electron chi connectivity index (χ3n) is 1.32. The van der Waals surface area contributed by atoms with Crippen LogP contribution in [-0.2, 0) is 6.67 Å². The number of pyridine rings is 1. The van der Waals surface area contributed by atoms with Crippen LogP contribution in [0.2, 0.25) is 0 Å². The van der Waals surface area contributed by atoms with Crippen LogP contribution in [0.25, 0.3) is 0 Å². The van der Waals surface area contributed by atoms with Crippen LogP contribution < -0.4 is 0 Å². The highest BCUT2D eigenvalue weighted by Gasteiger charge is 2.11. The highest BCUT2D eigenvalue weighted by molar-refractivity contribution is 5.23. The molecule has 0 spiro atoms. The van der Waals surface area contributed by atoms with E-state index < -0.39 is 13.1 Å². The minimum Gasteiger partial charge on any atom is -0.264 e. The van der Waals surface area contributed by atoms with Gasteiger partial charge in [0.2, 0.25) is 0 Å². The van der Waals surface area contributed by atoms with Crippen LogP contribution in [0.5, 0.6) is 0 Å². The summed E-state index contributed by atoms with van der Waals surface area (Å²) in [4.78, 5) is 3.53. The van der Waals surface area contributed by atoms with Crippen LogP contribution >= 0.6 is 0 Å². The molecule has 0 unspecified atom stereocenters. The molecular formula is C7H6F3N. The number of nitrogens with zero attached hydrogens (tertiary/aromatic N) is 1. The first-order valence-electron chi connectivity index (χ1n) is 3.02. The molecule has 1 aromatic rings. The van der Waals surface area contributed by atoms with E-state index in [2.05, 4.69) is 4.98 Å². The van der Waals surface area contributed by atoms with Crippen molar-refractivity contribution in [3.8, 4) is 0 Å². The van der Waals surface area contributed by atoms with Crippen LogP contribution in [0.3, 0.4) is 0 Å². The lowest BCUT2D eigenvalue weighted by atomic mass is 10.2. The summed E-state index contributed by atoms with van der Waals surface area (Å²) in [5.74, 6) is 0. The molecule has 0 amide bonds. The minimum absolute atomic E-state index is 0.0394. The van der Waals surface area contributed by atoms with E-state index in [1.165, 1.54) is 6.20 Å². The number of hydrogen-bond donors (Lipinski definition) is 0. The lowest BCUT2D eigenvalue weighted by molar-refractivity contribution is 0.149. The normalized spacial score (nSPS) is 10.5. The Morgan fingerprint density at radius 1 is 1.45 bits per heavy atom. The van der Waals surface area contributed by atoms with Gasteiger partial charge in [0, 0.05) is 23.5 Å².